The van der Waals surface area contributed by atoms with Crippen LogP contribution >= 0.6 is 0 Å². The van der Waals surface area contributed by atoms with E-state index in [4.69, 9.17) is 5.73 Å². The first-order valence-electron chi connectivity index (χ1n) is 4.65. The highest BCUT2D eigenvalue weighted by Gasteiger charge is 2.16. The Morgan fingerprint density at radius 3 is 2.80 bits per heavy atom. The van der Waals surface area contributed by atoms with E-state index in [-0.39, 0.29) is 5.91 Å². The summed E-state index contributed by atoms with van der Waals surface area (Å²) in [6.45, 7) is 1.78. The Morgan fingerprint density at radius 2 is 2.33 bits per heavy atom. The number of nitrogens with one attached hydrogen (secondary N) is 1. The van der Waals surface area contributed by atoms with Crippen LogP contribution < -0.4 is 11.1 Å². The van der Waals surface area contributed by atoms with Crippen LogP contribution in [0.25, 0.3) is 0 Å². The first kappa shape index (κ1) is 11.2. The third kappa shape index (κ3) is 3.05. The highest BCUT2D eigenvalue weighted by atomic mass is 16.2. The Balaban J connectivity index is 2.67. The number of pyridine rings is 1. The van der Waals surface area contributed by atoms with Crippen molar-refractivity contribution in [3.63, 3.8) is 0 Å². The third-order valence-corrected chi connectivity index (χ3v) is 1.98. The summed E-state index contributed by atoms with van der Waals surface area (Å²) in [5, 5.41) is 2.53. The Morgan fingerprint density at radius 1 is 1.60 bits per heavy atom. The minimum absolute atomic E-state index is 0.339. The van der Waals surface area contributed by atoms with E-state index in [1.54, 1.807) is 25.3 Å². The molecule has 80 valence electrons. The predicted molar refractivity (Wildman–Crippen MR) is 55.0 cm³/mol. The lowest BCUT2D eigenvalue weighted by molar-refractivity contribution is -0.119. The molecule has 2 amide bonds. The average molecular weight is 207 g/mol. The Labute approximate surface area is 87.7 Å². The topological polar surface area (TPSA) is 85.1 Å². The van der Waals surface area contributed by atoms with Gasteiger partial charge >= 0.3 is 0 Å². The molecule has 0 saturated carbocycles. The fourth-order valence-corrected chi connectivity index (χ4v) is 1.11. The van der Waals surface area contributed by atoms with Gasteiger partial charge in [-0.1, -0.05) is 6.92 Å². The zero-order valence-corrected chi connectivity index (χ0v) is 8.43. The van der Waals surface area contributed by atoms with Gasteiger partial charge in [0.05, 0.1) is 5.56 Å². The van der Waals surface area contributed by atoms with Gasteiger partial charge in [-0.3, -0.25) is 14.6 Å². The van der Waals surface area contributed by atoms with E-state index in [1.807, 2.05) is 0 Å². The van der Waals surface area contributed by atoms with Crippen LogP contribution in [-0.2, 0) is 4.79 Å². The smallest absolute Gasteiger partial charge is 0.253 e. The number of carbonyl (C=O) groups is 2. The van der Waals surface area contributed by atoms with E-state index in [0.717, 1.165) is 0 Å². The molecule has 0 aliphatic carbocycles. The lowest BCUT2D eigenvalue weighted by atomic mass is 10.2. The lowest BCUT2D eigenvalue weighted by Crippen LogP contribution is -2.43. The largest absolute Gasteiger partial charge is 0.368 e. The van der Waals surface area contributed by atoms with Gasteiger partial charge in [0.1, 0.15) is 6.04 Å². The highest BCUT2D eigenvalue weighted by Crippen LogP contribution is 1.97. The van der Waals surface area contributed by atoms with E-state index in [9.17, 15) is 9.59 Å². The monoisotopic (exact) mass is 207 g/mol. The van der Waals surface area contributed by atoms with Gasteiger partial charge in [-0.2, -0.15) is 0 Å². The van der Waals surface area contributed by atoms with Gasteiger partial charge in [-0.05, 0) is 18.6 Å². The molecule has 0 radical (unpaired) electrons. The van der Waals surface area contributed by atoms with Crippen molar-refractivity contribution in [3.8, 4) is 0 Å². The number of amides is 2. The Bertz CT molecular complexity index is 351. The number of nitrogens with zero attached hydrogens (tertiary/aromatic N) is 1. The molecule has 3 N–H and O–H groups in total. The van der Waals surface area contributed by atoms with Crippen LogP contribution in [-0.4, -0.2) is 22.8 Å². The Kier molecular flexibility index (Phi) is 3.79. The maximum atomic E-state index is 11.6. The molecule has 5 nitrogen and oxygen atoms in total. The number of aromatic nitrogens is 1. The van der Waals surface area contributed by atoms with Crippen molar-refractivity contribution < 1.29 is 9.59 Å². The molecular formula is C10H13N3O2. The van der Waals surface area contributed by atoms with E-state index >= 15 is 0 Å². The van der Waals surface area contributed by atoms with E-state index in [1.165, 1.54) is 6.20 Å². The van der Waals surface area contributed by atoms with Gasteiger partial charge in [0.2, 0.25) is 5.91 Å². The van der Waals surface area contributed by atoms with Crippen LogP contribution in [0.4, 0.5) is 0 Å². The summed E-state index contributed by atoms with van der Waals surface area (Å²) in [5.41, 5.74) is 5.52. The van der Waals surface area contributed by atoms with Gasteiger partial charge in [-0.25, -0.2) is 0 Å². The molecular weight excluding hydrogens is 194 g/mol. The van der Waals surface area contributed by atoms with Gasteiger partial charge < -0.3 is 11.1 Å². The highest BCUT2D eigenvalue weighted by molar-refractivity contribution is 5.96. The molecule has 5 heteroatoms. The molecule has 15 heavy (non-hydrogen) atoms. The number of rotatable bonds is 4. The molecule has 0 bridgehead atoms. The summed E-state index contributed by atoms with van der Waals surface area (Å²) >= 11 is 0. The minimum Gasteiger partial charge on any atom is -0.368 e. The summed E-state index contributed by atoms with van der Waals surface area (Å²) in [6.07, 6.45) is 3.48. The molecule has 1 heterocycles. The number of nitrogens with two attached hydrogens (primary N) is 1. The molecule has 0 spiro atoms. The van der Waals surface area contributed by atoms with Gasteiger partial charge in [0, 0.05) is 12.4 Å². The summed E-state index contributed by atoms with van der Waals surface area (Å²) in [5.74, 6) is -0.872. The summed E-state index contributed by atoms with van der Waals surface area (Å²) in [4.78, 5) is 26.3. The first-order chi connectivity index (χ1) is 7.15. The summed E-state index contributed by atoms with van der Waals surface area (Å²) in [6, 6.07) is 2.65. The van der Waals surface area contributed by atoms with Crippen LogP contribution in [0.3, 0.4) is 0 Å². The van der Waals surface area contributed by atoms with Crippen molar-refractivity contribution >= 4 is 11.8 Å². The van der Waals surface area contributed by atoms with E-state index < -0.39 is 11.9 Å². The van der Waals surface area contributed by atoms with Crippen molar-refractivity contribution in [2.45, 2.75) is 19.4 Å². The maximum Gasteiger partial charge on any atom is 0.253 e. The quantitative estimate of drug-likeness (QED) is 0.733. The lowest BCUT2D eigenvalue weighted by Gasteiger charge is -2.12. The van der Waals surface area contributed by atoms with Crippen molar-refractivity contribution in [2.75, 3.05) is 0 Å². The molecule has 1 rings (SSSR count). The predicted octanol–water partition coefficient (Wildman–Crippen LogP) is 0.0753. The molecule has 0 fully saturated rings. The molecule has 0 saturated heterocycles. The van der Waals surface area contributed by atoms with Crippen LogP contribution in [0, 0.1) is 0 Å². The molecule has 1 aromatic rings. The van der Waals surface area contributed by atoms with E-state index in [0.29, 0.717) is 12.0 Å². The molecule has 0 aliphatic rings. The normalized spacial score (nSPS) is 11.8. The van der Waals surface area contributed by atoms with Crippen molar-refractivity contribution in [3.05, 3.63) is 30.1 Å². The number of carbonyl (C=O) groups excluding carboxylic acids is 2. The van der Waals surface area contributed by atoms with E-state index in [2.05, 4.69) is 10.3 Å². The first-order valence-corrected chi connectivity index (χ1v) is 4.65. The van der Waals surface area contributed by atoms with Crippen molar-refractivity contribution in [1.29, 1.82) is 0 Å². The summed E-state index contributed by atoms with van der Waals surface area (Å²) < 4.78 is 0. The second-order valence-corrected chi connectivity index (χ2v) is 3.08. The van der Waals surface area contributed by atoms with Crippen LogP contribution in [0.5, 0.6) is 0 Å². The number of hydrogen-bond acceptors (Lipinski definition) is 3. The van der Waals surface area contributed by atoms with Gasteiger partial charge in [-0.15, -0.1) is 0 Å². The zero-order chi connectivity index (χ0) is 11.3. The standard InChI is InChI=1S/C10H13N3O2/c1-2-8(9(11)14)13-10(15)7-4-3-5-12-6-7/h3-6,8H,2H2,1H3,(H2,11,14)(H,13,15)/t8-/m0/s1. The second-order valence-electron chi connectivity index (χ2n) is 3.08. The van der Waals surface area contributed by atoms with Crippen molar-refractivity contribution in [1.82, 2.24) is 10.3 Å². The molecule has 0 unspecified atom stereocenters. The SMILES string of the molecule is CC[C@H](NC(=O)c1cccnc1)C(N)=O. The van der Waals surface area contributed by atoms with Crippen LogP contribution in [0.15, 0.2) is 24.5 Å². The average Bonchev–Trinajstić information content (AvgIpc) is 2.26. The fraction of sp³-hybridized carbons (Fsp3) is 0.300. The zero-order valence-electron chi connectivity index (χ0n) is 8.43. The third-order valence-electron chi connectivity index (χ3n) is 1.98. The van der Waals surface area contributed by atoms with Gasteiger partial charge in [0.25, 0.3) is 5.91 Å². The van der Waals surface area contributed by atoms with Crippen LogP contribution in [0.1, 0.15) is 23.7 Å². The summed E-state index contributed by atoms with van der Waals surface area (Å²) in [7, 11) is 0. The number of primary amides is 1. The Hall–Kier alpha value is -1.91. The molecule has 0 aliphatic heterocycles. The molecule has 1 atom stereocenters. The molecule has 0 aromatic carbocycles. The number of hydrogen-bond donors (Lipinski definition) is 2. The van der Waals surface area contributed by atoms with Gasteiger partial charge in [0.15, 0.2) is 0 Å². The second kappa shape index (κ2) is 5.09. The minimum atomic E-state index is -0.627. The fourth-order valence-electron chi connectivity index (χ4n) is 1.11. The van der Waals surface area contributed by atoms with Crippen molar-refractivity contribution in [2.24, 2.45) is 5.73 Å². The molecule has 1 aromatic heterocycles. The maximum absolute atomic E-state index is 11.6. The van der Waals surface area contributed by atoms with Crippen LogP contribution in [0.2, 0.25) is 0 Å².